The summed E-state index contributed by atoms with van der Waals surface area (Å²) in [5.74, 6) is 0.337. The molecule has 0 unspecified atom stereocenters. The van der Waals surface area contributed by atoms with E-state index < -0.39 is 0 Å². The van der Waals surface area contributed by atoms with Crippen LogP contribution in [0.2, 0.25) is 0 Å². The van der Waals surface area contributed by atoms with Crippen molar-refractivity contribution in [2.24, 2.45) is 0 Å². The molecule has 1 heterocycles. The SMILES string of the molecule is CC(C)c1ccc2c(c1)NC(=O)/C2=C(\Nc1ccccc1)c1ccccc1. The number of nitrogens with one attached hydrogen (secondary N) is 2. The van der Waals surface area contributed by atoms with Crippen molar-refractivity contribution in [3.8, 4) is 0 Å². The molecule has 0 aliphatic carbocycles. The molecule has 3 heteroatoms. The largest absolute Gasteiger partial charge is 0.354 e. The maximum absolute atomic E-state index is 12.9. The van der Waals surface area contributed by atoms with E-state index in [-0.39, 0.29) is 5.91 Å². The molecule has 0 fully saturated rings. The molecule has 134 valence electrons. The first-order valence-corrected chi connectivity index (χ1v) is 9.21. The zero-order chi connectivity index (χ0) is 18.8. The molecule has 2 N–H and O–H groups in total. The standard InChI is InChI=1S/C24H22N2O/c1-16(2)18-13-14-20-21(15-18)26-24(27)22(20)23(17-9-5-3-6-10-17)25-19-11-7-4-8-12-19/h3-16,25H,1-2H3,(H,26,27)/b23-22-. The van der Waals surface area contributed by atoms with Crippen LogP contribution >= 0.6 is 0 Å². The lowest BCUT2D eigenvalue weighted by Crippen LogP contribution is -2.10. The molecule has 3 nitrogen and oxygen atoms in total. The lowest BCUT2D eigenvalue weighted by molar-refractivity contribution is -0.110. The molecule has 0 spiro atoms. The van der Waals surface area contributed by atoms with Crippen LogP contribution in [-0.2, 0) is 4.79 Å². The fourth-order valence-corrected chi connectivity index (χ4v) is 3.35. The topological polar surface area (TPSA) is 41.1 Å². The summed E-state index contributed by atoms with van der Waals surface area (Å²) >= 11 is 0. The molecule has 3 aromatic rings. The van der Waals surface area contributed by atoms with Gasteiger partial charge in [0, 0.05) is 16.9 Å². The first-order valence-electron chi connectivity index (χ1n) is 9.21. The quantitative estimate of drug-likeness (QED) is 0.586. The maximum Gasteiger partial charge on any atom is 0.258 e. The Hall–Kier alpha value is -3.33. The highest BCUT2D eigenvalue weighted by Gasteiger charge is 2.28. The third-order valence-corrected chi connectivity index (χ3v) is 4.81. The van der Waals surface area contributed by atoms with Gasteiger partial charge in [0.1, 0.15) is 0 Å². The Balaban J connectivity index is 1.89. The average Bonchev–Trinajstić information content (AvgIpc) is 3.02. The highest BCUT2D eigenvalue weighted by molar-refractivity contribution is 6.37. The summed E-state index contributed by atoms with van der Waals surface area (Å²) in [7, 11) is 0. The van der Waals surface area contributed by atoms with E-state index >= 15 is 0 Å². The summed E-state index contributed by atoms with van der Waals surface area (Å²) in [6.45, 7) is 4.31. The normalized spacial score (nSPS) is 14.7. The number of anilines is 2. The van der Waals surface area contributed by atoms with E-state index in [2.05, 4.69) is 36.6 Å². The van der Waals surface area contributed by atoms with Crippen molar-refractivity contribution in [3.63, 3.8) is 0 Å². The van der Waals surface area contributed by atoms with Crippen LogP contribution in [0.15, 0.2) is 78.9 Å². The minimum absolute atomic E-state index is 0.0757. The highest BCUT2D eigenvalue weighted by atomic mass is 16.2. The van der Waals surface area contributed by atoms with E-state index in [1.807, 2.05) is 66.7 Å². The number of fused-ring (bicyclic) bond motifs is 1. The second-order valence-corrected chi connectivity index (χ2v) is 7.02. The number of para-hydroxylation sites is 1. The smallest absolute Gasteiger partial charge is 0.258 e. The molecule has 0 radical (unpaired) electrons. The van der Waals surface area contributed by atoms with Crippen molar-refractivity contribution < 1.29 is 4.79 Å². The van der Waals surface area contributed by atoms with Crippen molar-refractivity contribution in [2.75, 3.05) is 10.6 Å². The number of hydrogen-bond acceptors (Lipinski definition) is 2. The monoisotopic (exact) mass is 354 g/mol. The molecule has 1 aliphatic rings. The summed E-state index contributed by atoms with van der Waals surface area (Å²) in [5, 5.41) is 6.51. The van der Waals surface area contributed by atoms with Gasteiger partial charge in [-0.15, -0.1) is 0 Å². The first kappa shape index (κ1) is 17.1. The van der Waals surface area contributed by atoms with Gasteiger partial charge >= 0.3 is 0 Å². The van der Waals surface area contributed by atoms with Gasteiger partial charge in [0.25, 0.3) is 5.91 Å². The van der Waals surface area contributed by atoms with Crippen LogP contribution in [0.3, 0.4) is 0 Å². The van der Waals surface area contributed by atoms with Crippen molar-refractivity contribution in [2.45, 2.75) is 19.8 Å². The molecular weight excluding hydrogens is 332 g/mol. The third-order valence-electron chi connectivity index (χ3n) is 4.81. The highest BCUT2D eigenvalue weighted by Crippen LogP contribution is 2.38. The molecule has 0 bridgehead atoms. The Morgan fingerprint density at radius 1 is 0.889 bits per heavy atom. The molecule has 27 heavy (non-hydrogen) atoms. The fraction of sp³-hybridized carbons (Fsp3) is 0.125. The minimum Gasteiger partial charge on any atom is -0.354 e. The molecule has 3 aromatic carbocycles. The summed E-state index contributed by atoms with van der Waals surface area (Å²) in [5.41, 5.74) is 6.45. The Bertz CT molecular complexity index is 1010. The third kappa shape index (κ3) is 3.36. The second-order valence-electron chi connectivity index (χ2n) is 7.02. The van der Waals surface area contributed by atoms with Gasteiger partial charge in [0.15, 0.2) is 0 Å². The van der Waals surface area contributed by atoms with Gasteiger partial charge in [-0.3, -0.25) is 4.79 Å². The van der Waals surface area contributed by atoms with Gasteiger partial charge in [-0.25, -0.2) is 0 Å². The molecule has 1 amide bonds. The van der Waals surface area contributed by atoms with Crippen LogP contribution in [0.5, 0.6) is 0 Å². The van der Waals surface area contributed by atoms with Crippen LogP contribution < -0.4 is 10.6 Å². The van der Waals surface area contributed by atoms with Crippen LogP contribution in [0, 0.1) is 0 Å². The zero-order valence-electron chi connectivity index (χ0n) is 15.5. The van der Waals surface area contributed by atoms with Gasteiger partial charge in [0.05, 0.1) is 11.3 Å². The molecule has 0 saturated heterocycles. The molecule has 0 atom stereocenters. The van der Waals surface area contributed by atoms with E-state index in [4.69, 9.17) is 0 Å². The number of carbonyl (C=O) groups is 1. The second kappa shape index (κ2) is 7.12. The lowest BCUT2D eigenvalue weighted by Gasteiger charge is -2.15. The zero-order valence-corrected chi connectivity index (χ0v) is 15.5. The maximum atomic E-state index is 12.9. The van der Waals surface area contributed by atoms with Crippen LogP contribution in [0.4, 0.5) is 11.4 Å². The summed E-state index contributed by atoms with van der Waals surface area (Å²) in [4.78, 5) is 12.9. The Morgan fingerprint density at radius 2 is 1.56 bits per heavy atom. The number of hydrogen-bond donors (Lipinski definition) is 2. The molecular formula is C24H22N2O. The predicted molar refractivity (Wildman–Crippen MR) is 112 cm³/mol. The Kier molecular flexibility index (Phi) is 4.51. The van der Waals surface area contributed by atoms with E-state index in [1.54, 1.807) is 0 Å². The van der Waals surface area contributed by atoms with Crippen molar-refractivity contribution in [1.82, 2.24) is 0 Å². The molecule has 0 aromatic heterocycles. The minimum atomic E-state index is -0.0757. The molecule has 0 saturated carbocycles. The average molecular weight is 354 g/mol. The van der Waals surface area contributed by atoms with Crippen molar-refractivity contribution in [1.29, 1.82) is 0 Å². The molecule has 4 rings (SSSR count). The Morgan fingerprint density at radius 3 is 2.22 bits per heavy atom. The van der Waals surface area contributed by atoms with Gasteiger partial charge < -0.3 is 10.6 Å². The summed E-state index contributed by atoms with van der Waals surface area (Å²) in [6, 6.07) is 26.2. The van der Waals surface area contributed by atoms with Gasteiger partial charge in [0.2, 0.25) is 0 Å². The van der Waals surface area contributed by atoms with Crippen molar-refractivity contribution >= 4 is 28.6 Å². The van der Waals surface area contributed by atoms with Gasteiger partial charge in [-0.1, -0.05) is 74.5 Å². The first-order chi connectivity index (χ1) is 13.1. The van der Waals surface area contributed by atoms with E-state index in [0.717, 1.165) is 28.2 Å². The van der Waals surface area contributed by atoms with Crippen molar-refractivity contribution in [3.05, 3.63) is 95.6 Å². The lowest BCUT2D eigenvalue weighted by atomic mass is 9.96. The van der Waals surface area contributed by atoms with E-state index in [0.29, 0.717) is 11.5 Å². The van der Waals surface area contributed by atoms with E-state index in [9.17, 15) is 4.79 Å². The van der Waals surface area contributed by atoms with Gasteiger partial charge in [-0.05, 0) is 35.2 Å². The number of benzene rings is 3. The van der Waals surface area contributed by atoms with E-state index in [1.165, 1.54) is 5.56 Å². The fourth-order valence-electron chi connectivity index (χ4n) is 3.35. The number of rotatable bonds is 4. The van der Waals surface area contributed by atoms with Crippen LogP contribution in [-0.4, -0.2) is 5.91 Å². The Labute approximate surface area is 159 Å². The summed E-state index contributed by atoms with van der Waals surface area (Å²) in [6.07, 6.45) is 0. The van der Waals surface area contributed by atoms with Gasteiger partial charge in [-0.2, -0.15) is 0 Å². The number of carbonyl (C=O) groups excluding carboxylic acids is 1. The van der Waals surface area contributed by atoms with Crippen LogP contribution in [0.1, 0.15) is 36.5 Å². The molecule has 1 aliphatic heterocycles. The number of amides is 1. The predicted octanol–water partition coefficient (Wildman–Crippen LogP) is 5.74. The summed E-state index contributed by atoms with van der Waals surface area (Å²) < 4.78 is 0. The van der Waals surface area contributed by atoms with Crippen LogP contribution in [0.25, 0.3) is 11.3 Å².